The number of ether oxygens (including phenoxy) is 2. The fourth-order valence-corrected chi connectivity index (χ4v) is 3.48. The van der Waals surface area contributed by atoms with Crippen molar-refractivity contribution in [3.8, 4) is 12.1 Å². The van der Waals surface area contributed by atoms with Crippen molar-refractivity contribution < 1.29 is 9.47 Å². The van der Waals surface area contributed by atoms with Gasteiger partial charge in [-0.2, -0.15) is 15.5 Å². The van der Waals surface area contributed by atoms with E-state index >= 15 is 0 Å². The van der Waals surface area contributed by atoms with Crippen LogP contribution >= 0.6 is 0 Å². The molecule has 5 atom stereocenters. The molecule has 6 heteroatoms. The molecule has 0 aromatic rings. The van der Waals surface area contributed by atoms with Gasteiger partial charge in [0.15, 0.2) is 10.8 Å². The Morgan fingerprint density at radius 1 is 1.28 bits per heavy atom. The molecule has 4 rings (SSSR count). The summed E-state index contributed by atoms with van der Waals surface area (Å²) in [7, 11) is 0. The van der Waals surface area contributed by atoms with E-state index in [2.05, 4.69) is 17.1 Å². The van der Waals surface area contributed by atoms with Gasteiger partial charge in [0.25, 0.3) is 0 Å². The van der Waals surface area contributed by atoms with Crippen LogP contribution in [0.1, 0.15) is 20.8 Å². The lowest BCUT2D eigenvalue weighted by Gasteiger charge is -2.59. The van der Waals surface area contributed by atoms with Crippen molar-refractivity contribution in [2.75, 3.05) is 0 Å². The van der Waals surface area contributed by atoms with Gasteiger partial charge < -0.3 is 9.47 Å². The lowest BCUT2D eigenvalue weighted by molar-refractivity contribution is -0.325. The van der Waals surface area contributed by atoms with Crippen molar-refractivity contribution in [1.29, 1.82) is 15.9 Å². The molecule has 92 valence electrons. The molecule has 4 bridgehead atoms. The number of nitrogens with zero attached hydrogens (tertiary/aromatic N) is 3. The van der Waals surface area contributed by atoms with Gasteiger partial charge in [-0.3, -0.25) is 5.41 Å². The highest BCUT2D eigenvalue weighted by molar-refractivity contribution is 6.12. The highest BCUT2D eigenvalue weighted by Gasteiger charge is 2.80. The van der Waals surface area contributed by atoms with E-state index < -0.39 is 28.6 Å². The minimum Gasteiger partial charge on any atom is -0.447 e. The molecule has 4 heterocycles. The first-order chi connectivity index (χ1) is 8.39. The Morgan fingerprint density at radius 2 is 1.89 bits per heavy atom. The van der Waals surface area contributed by atoms with Crippen molar-refractivity contribution in [1.82, 2.24) is 0 Å². The van der Waals surface area contributed by atoms with Gasteiger partial charge >= 0.3 is 0 Å². The second-order valence-corrected chi connectivity index (χ2v) is 5.20. The molecule has 0 aromatic carbocycles. The molecule has 0 unspecified atom stereocenters. The molecule has 6 nitrogen and oxygen atoms in total. The predicted octanol–water partition coefficient (Wildman–Crippen LogP) is 1.20. The minimum absolute atomic E-state index is 0.0899. The Labute approximate surface area is 104 Å². The Hall–Kier alpha value is -1.92. The van der Waals surface area contributed by atoms with Gasteiger partial charge in [-0.15, -0.1) is 0 Å². The molecule has 4 aliphatic rings. The quantitative estimate of drug-likeness (QED) is 0.691. The van der Waals surface area contributed by atoms with Gasteiger partial charge in [-0.1, -0.05) is 6.92 Å². The van der Waals surface area contributed by atoms with Crippen LogP contribution in [0.25, 0.3) is 0 Å². The molecule has 4 aliphatic heterocycles. The molecular weight excluding hydrogens is 232 g/mol. The third kappa shape index (κ3) is 0.739. The van der Waals surface area contributed by atoms with Crippen LogP contribution in [0.5, 0.6) is 0 Å². The van der Waals surface area contributed by atoms with Gasteiger partial charge in [0.05, 0.1) is 18.2 Å². The highest BCUT2D eigenvalue weighted by Crippen LogP contribution is 2.65. The van der Waals surface area contributed by atoms with Crippen molar-refractivity contribution in [3.05, 3.63) is 0 Å². The van der Waals surface area contributed by atoms with Crippen molar-refractivity contribution >= 4 is 11.7 Å². The summed E-state index contributed by atoms with van der Waals surface area (Å²) < 4.78 is 11.4. The van der Waals surface area contributed by atoms with Gasteiger partial charge in [-0.05, 0) is 6.92 Å². The van der Waals surface area contributed by atoms with Crippen LogP contribution in [-0.2, 0) is 9.47 Å². The van der Waals surface area contributed by atoms with E-state index in [0.29, 0.717) is 0 Å². The number of rotatable bonds is 0. The van der Waals surface area contributed by atoms with Crippen LogP contribution < -0.4 is 0 Å². The first-order valence-electron chi connectivity index (χ1n) is 5.76. The molecule has 0 aromatic heterocycles. The van der Waals surface area contributed by atoms with Crippen LogP contribution in [0.4, 0.5) is 0 Å². The molecular formula is C12H12N4O2. The largest absolute Gasteiger partial charge is 0.447 e. The van der Waals surface area contributed by atoms with Crippen molar-refractivity contribution in [2.45, 2.75) is 32.7 Å². The minimum atomic E-state index is -1.30. The van der Waals surface area contributed by atoms with Crippen LogP contribution in [0.3, 0.4) is 0 Å². The first kappa shape index (κ1) is 11.2. The van der Waals surface area contributed by atoms with Gasteiger partial charge in [0, 0.05) is 12.8 Å². The normalized spacial score (nSPS) is 52.3. The summed E-state index contributed by atoms with van der Waals surface area (Å²) in [5, 5.41) is 27.2. The van der Waals surface area contributed by atoms with E-state index in [-0.39, 0.29) is 11.7 Å². The molecule has 0 aliphatic carbocycles. The van der Waals surface area contributed by atoms with E-state index in [1.807, 2.05) is 0 Å². The number of fused-ring (bicyclic) bond motifs is 1. The Bertz CT molecular complexity index is 586. The maximum atomic E-state index is 9.63. The van der Waals surface area contributed by atoms with Gasteiger partial charge in [0.2, 0.25) is 11.7 Å². The van der Waals surface area contributed by atoms with E-state index in [4.69, 9.17) is 14.9 Å². The number of nitriles is 2. The first-order valence-corrected chi connectivity index (χ1v) is 5.76. The van der Waals surface area contributed by atoms with Crippen LogP contribution in [0.15, 0.2) is 4.99 Å². The third-order valence-electron chi connectivity index (χ3n) is 4.65. The summed E-state index contributed by atoms with van der Waals surface area (Å²) in [6, 6.07) is 4.31. The average Bonchev–Trinajstić information content (AvgIpc) is 2.52. The lowest BCUT2D eigenvalue weighted by Crippen LogP contribution is -2.72. The Morgan fingerprint density at radius 3 is 2.44 bits per heavy atom. The number of amidine groups is 1. The number of nitrogens with one attached hydrogen (secondary N) is 1. The second kappa shape index (κ2) is 2.73. The SMILES string of the molecule is C[C@@H]1O[C@@]2(C)OC3=NC(=N)[C@@](C#N)([C@H]2C)[C@]31C#N. The van der Waals surface area contributed by atoms with E-state index in [1.54, 1.807) is 20.8 Å². The summed E-state index contributed by atoms with van der Waals surface area (Å²) in [5.41, 5.74) is -2.57. The zero-order chi connectivity index (χ0) is 13.3. The van der Waals surface area contributed by atoms with Gasteiger partial charge in [0.1, 0.15) is 5.84 Å². The Balaban J connectivity index is 2.39. The average molecular weight is 244 g/mol. The summed E-state index contributed by atoms with van der Waals surface area (Å²) in [6.45, 7) is 5.23. The molecule has 3 fully saturated rings. The van der Waals surface area contributed by atoms with E-state index in [1.165, 1.54) is 0 Å². The zero-order valence-corrected chi connectivity index (χ0v) is 10.3. The Kier molecular flexibility index (Phi) is 1.70. The van der Waals surface area contributed by atoms with Crippen molar-refractivity contribution in [2.24, 2.45) is 21.7 Å². The zero-order valence-electron chi connectivity index (χ0n) is 10.3. The van der Waals surface area contributed by atoms with Crippen LogP contribution in [0, 0.1) is 44.8 Å². The van der Waals surface area contributed by atoms with E-state index in [9.17, 15) is 10.5 Å². The monoisotopic (exact) mass is 244 g/mol. The molecule has 1 N–H and O–H groups in total. The molecule has 0 saturated carbocycles. The standard InChI is InChI=1S/C12H12N4O2/c1-6-10(3)17-7(2)12(5-14)9(18-10)16-8(15)11(6,12)4-13/h6-7,15H,1-3H3/t6-,7-,10-,11+,12-/m0/s1. The molecule has 0 spiro atoms. The maximum Gasteiger partial charge on any atom is 0.218 e. The second-order valence-electron chi connectivity index (χ2n) is 5.20. The number of hydrogen-bond acceptors (Lipinski definition) is 5. The molecule has 0 radical (unpaired) electrons. The van der Waals surface area contributed by atoms with Crippen molar-refractivity contribution in [3.63, 3.8) is 0 Å². The molecule has 3 saturated heterocycles. The highest BCUT2D eigenvalue weighted by atomic mass is 16.7. The third-order valence-corrected chi connectivity index (χ3v) is 4.65. The molecule has 0 amide bonds. The summed E-state index contributed by atoms with van der Waals surface area (Å²) >= 11 is 0. The number of aliphatic imine (C=N–C) groups is 1. The fourth-order valence-electron chi connectivity index (χ4n) is 3.48. The smallest absolute Gasteiger partial charge is 0.218 e. The van der Waals surface area contributed by atoms with Crippen LogP contribution in [0.2, 0.25) is 0 Å². The summed E-state index contributed by atoms with van der Waals surface area (Å²) in [6.07, 6.45) is -0.529. The fraction of sp³-hybridized carbons (Fsp3) is 0.667. The summed E-state index contributed by atoms with van der Waals surface area (Å²) in [4.78, 5) is 4.02. The van der Waals surface area contributed by atoms with E-state index in [0.717, 1.165) is 0 Å². The predicted molar refractivity (Wildman–Crippen MR) is 60.5 cm³/mol. The summed E-state index contributed by atoms with van der Waals surface area (Å²) in [5.74, 6) is -1.37. The maximum absolute atomic E-state index is 9.63. The topological polar surface area (TPSA) is 102 Å². The van der Waals surface area contributed by atoms with Crippen LogP contribution in [-0.4, -0.2) is 23.6 Å². The lowest BCUT2D eigenvalue weighted by atomic mass is 9.52. The molecule has 18 heavy (non-hydrogen) atoms. The number of hydrogen-bond donors (Lipinski definition) is 1. The van der Waals surface area contributed by atoms with Gasteiger partial charge in [-0.25, -0.2) is 0 Å².